The second-order valence-electron chi connectivity index (χ2n) is 9.40. The standard InChI is InChI=1S/C25H37N3O5/c1-6-23(29)26-19-9-10-20-21(12-19)33-15-17(3)28(24(30)11-18-7-8-18)13-16(2)22(32-5)14-27(4)25(20)31/h9-10,12,16-18,22H,6-8,11,13-15H2,1-5H3,(H,26,29)/t16-,17-,22+/m1/s1. The molecule has 0 spiro atoms. The van der Waals surface area contributed by atoms with Gasteiger partial charge in [-0.25, -0.2) is 0 Å². The molecule has 182 valence electrons. The molecule has 0 bridgehead atoms. The number of amides is 3. The summed E-state index contributed by atoms with van der Waals surface area (Å²) in [5.41, 5.74) is 0.985. The Bertz CT molecular complexity index is 870. The summed E-state index contributed by atoms with van der Waals surface area (Å²) in [6, 6.07) is 4.89. The van der Waals surface area contributed by atoms with Gasteiger partial charge in [0.15, 0.2) is 0 Å². The minimum Gasteiger partial charge on any atom is -0.491 e. The number of nitrogens with zero attached hydrogens (tertiary/aromatic N) is 2. The minimum absolute atomic E-state index is 0.0429. The molecule has 3 amide bonds. The third-order valence-corrected chi connectivity index (χ3v) is 6.53. The van der Waals surface area contributed by atoms with E-state index in [1.54, 1.807) is 44.2 Å². The van der Waals surface area contributed by atoms with Crippen LogP contribution in [0, 0.1) is 11.8 Å². The number of rotatable bonds is 5. The lowest BCUT2D eigenvalue weighted by molar-refractivity contribution is -0.135. The zero-order chi connectivity index (χ0) is 24.1. The highest BCUT2D eigenvalue weighted by atomic mass is 16.5. The summed E-state index contributed by atoms with van der Waals surface area (Å²) in [5, 5.41) is 2.81. The van der Waals surface area contributed by atoms with Gasteiger partial charge in [-0.05, 0) is 37.8 Å². The van der Waals surface area contributed by atoms with Crippen molar-refractivity contribution in [3.63, 3.8) is 0 Å². The van der Waals surface area contributed by atoms with Crippen LogP contribution in [0.1, 0.15) is 56.8 Å². The summed E-state index contributed by atoms with van der Waals surface area (Å²) in [6.45, 7) is 6.98. The van der Waals surface area contributed by atoms with Gasteiger partial charge in [-0.2, -0.15) is 0 Å². The van der Waals surface area contributed by atoms with Crippen molar-refractivity contribution in [2.45, 2.75) is 58.6 Å². The molecule has 0 saturated heterocycles. The van der Waals surface area contributed by atoms with Gasteiger partial charge in [-0.15, -0.1) is 0 Å². The van der Waals surface area contributed by atoms with E-state index in [1.165, 1.54) is 0 Å². The Kier molecular flexibility index (Phi) is 8.35. The van der Waals surface area contributed by atoms with E-state index in [0.29, 0.717) is 48.8 Å². The SMILES string of the molecule is CCC(=O)Nc1ccc2c(c1)OC[C@@H](C)N(C(=O)CC1CC1)C[C@@H](C)[C@@H](OC)CN(C)C2=O. The van der Waals surface area contributed by atoms with Gasteiger partial charge in [-0.1, -0.05) is 13.8 Å². The van der Waals surface area contributed by atoms with Crippen molar-refractivity contribution in [1.82, 2.24) is 9.80 Å². The average molecular weight is 460 g/mol. The highest BCUT2D eigenvalue weighted by Crippen LogP contribution is 2.33. The number of carbonyl (C=O) groups is 3. The molecule has 0 aromatic heterocycles. The largest absolute Gasteiger partial charge is 0.491 e. The maximum absolute atomic E-state index is 13.2. The fourth-order valence-corrected chi connectivity index (χ4v) is 4.13. The number of anilines is 1. The quantitative estimate of drug-likeness (QED) is 0.731. The Morgan fingerprint density at radius 2 is 1.94 bits per heavy atom. The molecule has 1 aliphatic carbocycles. The van der Waals surface area contributed by atoms with Crippen molar-refractivity contribution >= 4 is 23.4 Å². The predicted octanol–water partition coefficient (Wildman–Crippen LogP) is 3.17. The minimum atomic E-state index is -0.214. The van der Waals surface area contributed by atoms with Crippen LogP contribution in [0.25, 0.3) is 0 Å². The van der Waals surface area contributed by atoms with E-state index in [1.807, 2.05) is 11.8 Å². The number of hydrogen-bond acceptors (Lipinski definition) is 5. The Hall–Kier alpha value is -2.61. The molecule has 8 heteroatoms. The maximum atomic E-state index is 13.2. The van der Waals surface area contributed by atoms with E-state index in [2.05, 4.69) is 12.2 Å². The Balaban J connectivity index is 1.92. The summed E-state index contributed by atoms with van der Waals surface area (Å²) in [5.74, 6) is 0.776. The molecule has 0 unspecified atom stereocenters. The number of fused-ring (bicyclic) bond motifs is 1. The molecule has 1 aliphatic heterocycles. The zero-order valence-corrected chi connectivity index (χ0v) is 20.4. The molecular weight excluding hydrogens is 422 g/mol. The fourth-order valence-electron chi connectivity index (χ4n) is 4.13. The van der Waals surface area contributed by atoms with Crippen molar-refractivity contribution < 1.29 is 23.9 Å². The first-order chi connectivity index (χ1) is 15.7. The molecule has 1 saturated carbocycles. The van der Waals surface area contributed by atoms with Crippen LogP contribution < -0.4 is 10.1 Å². The number of carbonyl (C=O) groups excluding carboxylic acids is 3. The first-order valence-electron chi connectivity index (χ1n) is 11.9. The molecule has 2 aliphatic rings. The van der Waals surface area contributed by atoms with Crippen LogP contribution in [0.2, 0.25) is 0 Å². The number of likely N-dealkylation sites (N-methyl/N-ethyl adjacent to an activating group) is 1. The van der Waals surface area contributed by atoms with Gasteiger partial charge in [0.1, 0.15) is 12.4 Å². The Morgan fingerprint density at radius 3 is 2.58 bits per heavy atom. The van der Waals surface area contributed by atoms with Crippen LogP contribution >= 0.6 is 0 Å². The summed E-state index contributed by atoms with van der Waals surface area (Å²) < 4.78 is 11.8. The van der Waals surface area contributed by atoms with Gasteiger partial charge < -0.3 is 24.6 Å². The van der Waals surface area contributed by atoms with Gasteiger partial charge in [0.05, 0.1) is 17.7 Å². The van der Waals surface area contributed by atoms with Crippen molar-refractivity contribution in [2.24, 2.45) is 11.8 Å². The van der Waals surface area contributed by atoms with Crippen LogP contribution in [0.5, 0.6) is 5.75 Å². The molecule has 8 nitrogen and oxygen atoms in total. The van der Waals surface area contributed by atoms with Crippen molar-refractivity contribution in [2.75, 3.05) is 39.2 Å². The third kappa shape index (κ3) is 6.47. The van der Waals surface area contributed by atoms with E-state index in [-0.39, 0.29) is 42.4 Å². The lowest BCUT2D eigenvalue weighted by atomic mass is 10.0. The topological polar surface area (TPSA) is 88.2 Å². The van der Waals surface area contributed by atoms with E-state index in [9.17, 15) is 14.4 Å². The Morgan fingerprint density at radius 1 is 1.21 bits per heavy atom. The normalized spacial score (nSPS) is 24.3. The predicted molar refractivity (Wildman–Crippen MR) is 126 cm³/mol. The van der Waals surface area contributed by atoms with Gasteiger partial charge in [0.2, 0.25) is 11.8 Å². The van der Waals surface area contributed by atoms with Gasteiger partial charge in [0.25, 0.3) is 5.91 Å². The molecule has 1 N–H and O–H groups in total. The molecule has 1 fully saturated rings. The van der Waals surface area contributed by atoms with Crippen molar-refractivity contribution in [1.29, 1.82) is 0 Å². The monoisotopic (exact) mass is 459 g/mol. The first-order valence-corrected chi connectivity index (χ1v) is 11.9. The molecule has 3 atom stereocenters. The molecule has 33 heavy (non-hydrogen) atoms. The summed E-state index contributed by atoms with van der Waals surface area (Å²) in [7, 11) is 3.38. The lowest BCUT2D eigenvalue weighted by Gasteiger charge is -2.36. The highest BCUT2D eigenvalue weighted by Gasteiger charge is 2.33. The molecule has 0 radical (unpaired) electrons. The second-order valence-corrected chi connectivity index (χ2v) is 9.40. The molecule has 1 aromatic rings. The van der Waals surface area contributed by atoms with Crippen molar-refractivity contribution in [3.8, 4) is 5.75 Å². The highest BCUT2D eigenvalue weighted by molar-refractivity contribution is 5.98. The van der Waals surface area contributed by atoms with Crippen LogP contribution in [-0.2, 0) is 14.3 Å². The number of nitrogens with one attached hydrogen (secondary N) is 1. The fraction of sp³-hybridized carbons (Fsp3) is 0.640. The molecular formula is C25H37N3O5. The second kappa shape index (κ2) is 11.0. The smallest absolute Gasteiger partial charge is 0.257 e. The maximum Gasteiger partial charge on any atom is 0.257 e. The summed E-state index contributed by atoms with van der Waals surface area (Å²) in [4.78, 5) is 41.7. The van der Waals surface area contributed by atoms with E-state index < -0.39 is 0 Å². The molecule has 3 rings (SSSR count). The van der Waals surface area contributed by atoms with Crippen LogP contribution in [0.3, 0.4) is 0 Å². The zero-order valence-electron chi connectivity index (χ0n) is 20.4. The van der Waals surface area contributed by atoms with E-state index >= 15 is 0 Å². The van der Waals surface area contributed by atoms with Gasteiger partial charge in [-0.3, -0.25) is 14.4 Å². The third-order valence-electron chi connectivity index (χ3n) is 6.53. The number of benzene rings is 1. The van der Waals surface area contributed by atoms with Crippen LogP contribution in [0.4, 0.5) is 5.69 Å². The first kappa shape index (κ1) is 25.0. The average Bonchev–Trinajstić information content (AvgIpc) is 3.61. The molecule has 1 heterocycles. The lowest BCUT2D eigenvalue weighted by Crippen LogP contribution is -2.48. The van der Waals surface area contributed by atoms with Crippen LogP contribution in [-0.4, -0.2) is 73.5 Å². The molecule has 1 aromatic carbocycles. The summed E-state index contributed by atoms with van der Waals surface area (Å²) >= 11 is 0. The van der Waals surface area contributed by atoms with Gasteiger partial charge >= 0.3 is 0 Å². The van der Waals surface area contributed by atoms with E-state index in [4.69, 9.17) is 9.47 Å². The van der Waals surface area contributed by atoms with Crippen molar-refractivity contribution in [3.05, 3.63) is 23.8 Å². The number of hydrogen-bond donors (Lipinski definition) is 1. The Labute approximate surface area is 196 Å². The van der Waals surface area contributed by atoms with E-state index in [0.717, 1.165) is 12.8 Å². The summed E-state index contributed by atoms with van der Waals surface area (Å²) in [6.07, 6.45) is 2.94. The van der Waals surface area contributed by atoms with Gasteiger partial charge in [0, 0.05) is 57.8 Å². The number of ether oxygens (including phenoxy) is 2. The number of methoxy groups -OCH3 is 1. The van der Waals surface area contributed by atoms with Crippen LogP contribution in [0.15, 0.2) is 18.2 Å².